The smallest absolute Gasteiger partial charge is 0.416 e. The Balaban J connectivity index is 2.70. The highest BCUT2D eigenvalue weighted by Gasteiger charge is 2.30. The molecule has 0 spiro atoms. The zero-order valence-corrected chi connectivity index (χ0v) is 9.13. The quantitative estimate of drug-likeness (QED) is 0.854. The van der Waals surface area contributed by atoms with Crippen molar-refractivity contribution >= 4 is 17.6 Å². The lowest BCUT2D eigenvalue weighted by Crippen LogP contribution is -2.21. The molecule has 0 aliphatic rings. The van der Waals surface area contributed by atoms with Gasteiger partial charge >= 0.3 is 12.1 Å². The van der Waals surface area contributed by atoms with Crippen molar-refractivity contribution in [3.8, 4) is 5.75 Å². The van der Waals surface area contributed by atoms with Gasteiger partial charge in [-0.3, -0.25) is 4.79 Å². The van der Waals surface area contributed by atoms with Crippen LogP contribution in [0.2, 0.25) is 0 Å². The van der Waals surface area contributed by atoms with Gasteiger partial charge in [-0.1, -0.05) is 6.07 Å². The average Bonchev–Trinajstić information content (AvgIpc) is 2.25. The first kappa shape index (κ1) is 13.6. The molecule has 0 heterocycles. The summed E-state index contributed by atoms with van der Waals surface area (Å²) in [7, 11) is 0. The van der Waals surface area contributed by atoms with Crippen molar-refractivity contribution in [2.24, 2.45) is 0 Å². The van der Waals surface area contributed by atoms with Gasteiger partial charge in [0.1, 0.15) is 12.4 Å². The van der Waals surface area contributed by atoms with E-state index in [1.807, 2.05) is 0 Å². The molecule has 94 valence electrons. The van der Waals surface area contributed by atoms with Crippen LogP contribution in [0.3, 0.4) is 0 Å². The second kappa shape index (κ2) is 5.27. The van der Waals surface area contributed by atoms with Gasteiger partial charge in [-0.05, 0) is 18.2 Å². The number of hydrogen-bond acceptors (Lipinski definition) is 2. The maximum absolute atomic E-state index is 12.3. The lowest BCUT2D eigenvalue weighted by molar-refractivity contribution is -0.138. The van der Waals surface area contributed by atoms with Gasteiger partial charge in [0, 0.05) is 0 Å². The van der Waals surface area contributed by atoms with Crippen LogP contribution in [0, 0.1) is 0 Å². The van der Waals surface area contributed by atoms with E-state index in [0.717, 1.165) is 12.1 Å². The maximum atomic E-state index is 12.3. The average molecular weight is 269 g/mol. The highest BCUT2D eigenvalue weighted by atomic mass is 35.5. The summed E-state index contributed by atoms with van der Waals surface area (Å²) in [5, 5.41) is 7.15. The maximum Gasteiger partial charge on any atom is 0.416 e. The Bertz CT molecular complexity index is 406. The Labute approximate surface area is 99.8 Å². The molecule has 0 aliphatic carbocycles. The van der Waals surface area contributed by atoms with Crippen molar-refractivity contribution in [2.75, 3.05) is 6.61 Å². The number of carboxylic acid groups (broad SMARTS) is 1. The minimum absolute atomic E-state index is 0.0771. The Morgan fingerprint density at radius 2 is 2.12 bits per heavy atom. The van der Waals surface area contributed by atoms with Gasteiger partial charge in [0.25, 0.3) is 0 Å². The van der Waals surface area contributed by atoms with Gasteiger partial charge in [-0.2, -0.15) is 13.2 Å². The van der Waals surface area contributed by atoms with Gasteiger partial charge in [-0.15, -0.1) is 11.6 Å². The third-order valence-electron chi connectivity index (χ3n) is 1.83. The summed E-state index contributed by atoms with van der Waals surface area (Å²) >= 11 is 5.35. The Morgan fingerprint density at radius 3 is 2.65 bits per heavy atom. The molecule has 1 N–H and O–H groups in total. The summed E-state index contributed by atoms with van der Waals surface area (Å²) in [5.41, 5.74) is -0.864. The van der Waals surface area contributed by atoms with Crippen LogP contribution in [0.1, 0.15) is 5.56 Å². The van der Waals surface area contributed by atoms with E-state index >= 15 is 0 Å². The highest BCUT2D eigenvalue weighted by molar-refractivity contribution is 6.29. The number of aliphatic carboxylic acids is 1. The van der Waals surface area contributed by atoms with Crippen LogP contribution in [0.25, 0.3) is 0 Å². The molecule has 7 heteroatoms. The molecule has 0 saturated heterocycles. The molecule has 1 aromatic carbocycles. The van der Waals surface area contributed by atoms with Gasteiger partial charge in [0.15, 0.2) is 5.38 Å². The van der Waals surface area contributed by atoms with Crippen molar-refractivity contribution in [3.05, 3.63) is 29.8 Å². The summed E-state index contributed by atoms with van der Waals surface area (Å²) < 4.78 is 41.8. The standard InChI is InChI=1S/C10H8ClF3O3/c11-8(9(15)16)5-17-7-3-1-2-6(4-7)10(12,13)14/h1-4,8H,5H2,(H,15,16). The number of alkyl halides is 4. The van der Waals surface area contributed by atoms with Crippen LogP contribution in [-0.4, -0.2) is 23.1 Å². The van der Waals surface area contributed by atoms with Gasteiger partial charge in [0.2, 0.25) is 0 Å². The van der Waals surface area contributed by atoms with E-state index in [2.05, 4.69) is 0 Å². The van der Waals surface area contributed by atoms with Crippen molar-refractivity contribution in [2.45, 2.75) is 11.6 Å². The second-order valence-electron chi connectivity index (χ2n) is 3.14. The van der Waals surface area contributed by atoms with Crippen molar-refractivity contribution in [3.63, 3.8) is 0 Å². The number of halogens is 4. The number of carbonyl (C=O) groups is 1. The fraction of sp³-hybridized carbons (Fsp3) is 0.300. The zero-order valence-electron chi connectivity index (χ0n) is 8.37. The summed E-state index contributed by atoms with van der Waals surface area (Å²) in [6.45, 7) is -0.405. The van der Waals surface area contributed by atoms with E-state index in [-0.39, 0.29) is 5.75 Å². The Morgan fingerprint density at radius 1 is 1.47 bits per heavy atom. The number of carboxylic acids is 1. The fourth-order valence-corrected chi connectivity index (χ4v) is 1.07. The first-order valence-electron chi connectivity index (χ1n) is 4.47. The molecule has 0 amide bonds. The van der Waals surface area contributed by atoms with Crippen LogP contribution < -0.4 is 4.74 Å². The predicted octanol–water partition coefficient (Wildman–Crippen LogP) is 2.78. The van der Waals surface area contributed by atoms with Crippen LogP contribution >= 0.6 is 11.6 Å². The lowest BCUT2D eigenvalue weighted by Gasteiger charge is -2.11. The second-order valence-corrected chi connectivity index (χ2v) is 3.67. The first-order chi connectivity index (χ1) is 7.80. The van der Waals surface area contributed by atoms with Crippen LogP contribution in [0.15, 0.2) is 24.3 Å². The monoisotopic (exact) mass is 268 g/mol. The predicted molar refractivity (Wildman–Crippen MR) is 54.2 cm³/mol. The van der Waals surface area contributed by atoms with E-state index in [4.69, 9.17) is 21.4 Å². The molecule has 1 unspecified atom stereocenters. The molecule has 17 heavy (non-hydrogen) atoms. The molecular formula is C10H8ClF3O3. The molecule has 0 fully saturated rings. The molecule has 0 aromatic heterocycles. The van der Waals surface area contributed by atoms with Gasteiger partial charge in [-0.25, -0.2) is 0 Å². The van der Waals surface area contributed by atoms with Crippen LogP contribution in [-0.2, 0) is 11.0 Å². The summed E-state index contributed by atoms with van der Waals surface area (Å²) in [6.07, 6.45) is -4.47. The minimum Gasteiger partial charge on any atom is -0.491 e. The Hall–Kier alpha value is -1.43. The molecule has 0 bridgehead atoms. The van der Waals surface area contributed by atoms with Gasteiger partial charge < -0.3 is 9.84 Å². The molecule has 0 aliphatic heterocycles. The summed E-state index contributed by atoms with van der Waals surface area (Å²) in [6, 6.07) is 4.14. The van der Waals surface area contributed by atoms with E-state index in [1.54, 1.807) is 0 Å². The normalized spacial score (nSPS) is 13.2. The third kappa shape index (κ3) is 4.14. The third-order valence-corrected chi connectivity index (χ3v) is 2.14. The van der Waals surface area contributed by atoms with Crippen LogP contribution in [0.4, 0.5) is 13.2 Å². The summed E-state index contributed by atoms with van der Waals surface area (Å²) in [5.74, 6) is -1.37. The first-order valence-corrected chi connectivity index (χ1v) is 4.91. The van der Waals surface area contributed by atoms with E-state index in [9.17, 15) is 18.0 Å². The number of hydrogen-bond donors (Lipinski definition) is 1. The fourth-order valence-electron chi connectivity index (χ4n) is 1.00. The number of benzene rings is 1. The SMILES string of the molecule is O=C(O)C(Cl)COc1cccc(C(F)(F)F)c1. The lowest BCUT2D eigenvalue weighted by atomic mass is 10.2. The summed E-state index contributed by atoms with van der Waals surface area (Å²) in [4.78, 5) is 10.4. The number of rotatable bonds is 4. The molecule has 1 aromatic rings. The van der Waals surface area contributed by atoms with E-state index in [1.165, 1.54) is 12.1 Å². The largest absolute Gasteiger partial charge is 0.491 e. The van der Waals surface area contributed by atoms with Crippen molar-refractivity contribution < 1.29 is 27.8 Å². The topological polar surface area (TPSA) is 46.5 Å². The molecule has 0 saturated carbocycles. The molecule has 1 rings (SSSR count). The van der Waals surface area contributed by atoms with Gasteiger partial charge in [0.05, 0.1) is 5.56 Å². The van der Waals surface area contributed by atoms with E-state index in [0.29, 0.717) is 0 Å². The van der Waals surface area contributed by atoms with Crippen molar-refractivity contribution in [1.82, 2.24) is 0 Å². The number of ether oxygens (including phenoxy) is 1. The van der Waals surface area contributed by atoms with Crippen LogP contribution in [0.5, 0.6) is 5.75 Å². The van der Waals surface area contributed by atoms with E-state index < -0.39 is 29.7 Å². The highest BCUT2D eigenvalue weighted by Crippen LogP contribution is 2.31. The zero-order chi connectivity index (χ0) is 13.1. The molecule has 3 nitrogen and oxygen atoms in total. The minimum atomic E-state index is -4.47. The molecule has 0 radical (unpaired) electrons. The molecule has 1 atom stereocenters. The molecular weight excluding hydrogens is 261 g/mol. The van der Waals surface area contributed by atoms with Crippen molar-refractivity contribution in [1.29, 1.82) is 0 Å². The Kier molecular flexibility index (Phi) is 4.22.